The van der Waals surface area contributed by atoms with Gasteiger partial charge in [-0.15, -0.1) is 11.6 Å². The standard InChI is InChI=1S/C18H33Cl/c1-2-3-4-5-6-7-8-9-10-11-12-13-14-15-16-17-18-19/h5-8H,2-4,9-18H2,1H3/b6-5-,8-7+. The molecule has 0 nitrogen and oxygen atoms in total. The molecule has 0 aliphatic carbocycles. The maximum Gasteiger partial charge on any atom is 0.0223 e. The van der Waals surface area contributed by atoms with Crippen LogP contribution in [0, 0.1) is 0 Å². The van der Waals surface area contributed by atoms with Gasteiger partial charge in [0.1, 0.15) is 0 Å². The minimum atomic E-state index is 0.833. The van der Waals surface area contributed by atoms with Crippen molar-refractivity contribution in [1.29, 1.82) is 0 Å². The molecule has 0 spiro atoms. The number of rotatable bonds is 14. The molecule has 0 aromatic heterocycles. The molecule has 0 N–H and O–H groups in total. The first-order chi connectivity index (χ1) is 9.41. The van der Waals surface area contributed by atoms with Gasteiger partial charge in [-0.1, -0.05) is 82.6 Å². The Bertz CT molecular complexity index is 206. The van der Waals surface area contributed by atoms with E-state index in [2.05, 4.69) is 31.2 Å². The molecule has 0 rings (SSSR count). The molecule has 0 unspecified atom stereocenters. The van der Waals surface area contributed by atoms with Crippen molar-refractivity contribution in [1.82, 2.24) is 0 Å². The van der Waals surface area contributed by atoms with E-state index in [4.69, 9.17) is 11.6 Å². The monoisotopic (exact) mass is 284 g/mol. The first kappa shape index (κ1) is 18.8. The summed E-state index contributed by atoms with van der Waals surface area (Å²) < 4.78 is 0. The Morgan fingerprint density at radius 3 is 1.63 bits per heavy atom. The zero-order chi connectivity index (χ0) is 14.0. The van der Waals surface area contributed by atoms with Crippen molar-refractivity contribution in [3.63, 3.8) is 0 Å². The SMILES string of the molecule is CCCC/C=C\C=C\CCCCCCCCCCCl. The molecule has 0 bridgehead atoms. The first-order valence-electron chi connectivity index (χ1n) is 8.29. The van der Waals surface area contributed by atoms with Crippen LogP contribution in [0.1, 0.15) is 84.0 Å². The summed E-state index contributed by atoms with van der Waals surface area (Å²) in [6.45, 7) is 2.24. The molecule has 0 aromatic carbocycles. The minimum Gasteiger partial charge on any atom is -0.127 e. The normalized spacial score (nSPS) is 11.9. The molecule has 0 saturated carbocycles. The molecule has 1 heteroatoms. The fourth-order valence-electron chi connectivity index (χ4n) is 2.09. The van der Waals surface area contributed by atoms with Gasteiger partial charge in [-0.05, 0) is 25.7 Å². The first-order valence-corrected chi connectivity index (χ1v) is 8.83. The Morgan fingerprint density at radius 2 is 1.11 bits per heavy atom. The molecular formula is C18H33Cl. The fourth-order valence-corrected chi connectivity index (χ4v) is 2.28. The van der Waals surface area contributed by atoms with Crippen molar-refractivity contribution in [2.75, 3.05) is 5.88 Å². The summed E-state index contributed by atoms with van der Waals surface area (Å²) >= 11 is 5.65. The van der Waals surface area contributed by atoms with E-state index in [0.29, 0.717) is 0 Å². The van der Waals surface area contributed by atoms with Crippen molar-refractivity contribution >= 4 is 11.6 Å². The summed E-state index contributed by atoms with van der Waals surface area (Å²) in [5.74, 6) is 0.833. The van der Waals surface area contributed by atoms with Crippen LogP contribution in [0.4, 0.5) is 0 Å². The van der Waals surface area contributed by atoms with Gasteiger partial charge in [-0.2, -0.15) is 0 Å². The molecule has 0 atom stereocenters. The zero-order valence-electron chi connectivity index (χ0n) is 12.9. The van der Waals surface area contributed by atoms with E-state index in [1.807, 2.05) is 0 Å². The maximum absolute atomic E-state index is 5.65. The Labute approximate surface area is 126 Å². The number of hydrogen-bond donors (Lipinski definition) is 0. The molecule has 19 heavy (non-hydrogen) atoms. The van der Waals surface area contributed by atoms with Gasteiger partial charge in [0.25, 0.3) is 0 Å². The van der Waals surface area contributed by atoms with Crippen LogP contribution >= 0.6 is 11.6 Å². The lowest BCUT2D eigenvalue weighted by Gasteiger charge is -2.00. The highest BCUT2D eigenvalue weighted by molar-refractivity contribution is 6.17. The van der Waals surface area contributed by atoms with Gasteiger partial charge in [0.2, 0.25) is 0 Å². The smallest absolute Gasteiger partial charge is 0.0223 e. The summed E-state index contributed by atoms with van der Waals surface area (Å²) in [6, 6.07) is 0. The van der Waals surface area contributed by atoms with Gasteiger partial charge in [0.05, 0.1) is 0 Å². The Balaban J connectivity index is 3.09. The third kappa shape index (κ3) is 17.8. The van der Waals surface area contributed by atoms with Crippen molar-refractivity contribution in [2.24, 2.45) is 0 Å². The van der Waals surface area contributed by atoms with Crippen LogP contribution < -0.4 is 0 Å². The summed E-state index contributed by atoms with van der Waals surface area (Å²) in [7, 11) is 0. The van der Waals surface area contributed by atoms with E-state index in [0.717, 1.165) is 5.88 Å². The quantitative estimate of drug-likeness (QED) is 0.182. The average Bonchev–Trinajstić information content (AvgIpc) is 2.43. The van der Waals surface area contributed by atoms with Crippen LogP contribution in [-0.4, -0.2) is 5.88 Å². The summed E-state index contributed by atoms with van der Waals surface area (Å²) in [4.78, 5) is 0. The lowest BCUT2D eigenvalue weighted by Crippen LogP contribution is -1.81. The van der Waals surface area contributed by atoms with E-state index < -0.39 is 0 Å². The highest BCUT2D eigenvalue weighted by atomic mass is 35.5. The second-order valence-electron chi connectivity index (χ2n) is 5.30. The third-order valence-corrected chi connectivity index (χ3v) is 3.63. The molecule has 0 saturated heterocycles. The van der Waals surface area contributed by atoms with Crippen LogP contribution in [0.15, 0.2) is 24.3 Å². The van der Waals surface area contributed by atoms with E-state index in [1.165, 1.54) is 77.0 Å². The van der Waals surface area contributed by atoms with Gasteiger partial charge in [-0.25, -0.2) is 0 Å². The molecular weight excluding hydrogens is 252 g/mol. The second-order valence-corrected chi connectivity index (χ2v) is 5.68. The predicted octanol–water partition coefficient (Wildman–Crippen LogP) is 7.04. The summed E-state index contributed by atoms with van der Waals surface area (Å²) in [6.07, 6.45) is 24.9. The molecule has 0 aromatic rings. The molecule has 0 radical (unpaired) electrons. The second kappa shape index (κ2) is 17.8. The summed E-state index contributed by atoms with van der Waals surface area (Å²) in [5, 5.41) is 0. The zero-order valence-corrected chi connectivity index (χ0v) is 13.6. The van der Waals surface area contributed by atoms with Gasteiger partial charge in [-0.3, -0.25) is 0 Å². The van der Waals surface area contributed by atoms with Crippen molar-refractivity contribution < 1.29 is 0 Å². The van der Waals surface area contributed by atoms with E-state index in [-0.39, 0.29) is 0 Å². The molecule has 0 aliphatic rings. The number of allylic oxidation sites excluding steroid dienone is 4. The van der Waals surface area contributed by atoms with Crippen molar-refractivity contribution in [2.45, 2.75) is 84.0 Å². The largest absolute Gasteiger partial charge is 0.127 e. The predicted molar refractivity (Wildman–Crippen MR) is 90.1 cm³/mol. The number of alkyl halides is 1. The highest BCUT2D eigenvalue weighted by Crippen LogP contribution is 2.10. The molecule has 0 fully saturated rings. The van der Waals surface area contributed by atoms with Crippen LogP contribution in [-0.2, 0) is 0 Å². The van der Waals surface area contributed by atoms with Crippen molar-refractivity contribution in [3.8, 4) is 0 Å². The van der Waals surface area contributed by atoms with Crippen LogP contribution in [0.25, 0.3) is 0 Å². The van der Waals surface area contributed by atoms with Crippen LogP contribution in [0.3, 0.4) is 0 Å². The molecule has 0 aliphatic heterocycles. The third-order valence-electron chi connectivity index (χ3n) is 3.36. The van der Waals surface area contributed by atoms with Gasteiger partial charge >= 0.3 is 0 Å². The van der Waals surface area contributed by atoms with Crippen molar-refractivity contribution in [3.05, 3.63) is 24.3 Å². The van der Waals surface area contributed by atoms with Gasteiger partial charge in [0.15, 0.2) is 0 Å². The van der Waals surface area contributed by atoms with E-state index in [9.17, 15) is 0 Å². The Hall–Kier alpha value is -0.230. The van der Waals surface area contributed by atoms with Gasteiger partial charge in [0, 0.05) is 5.88 Å². The lowest BCUT2D eigenvalue weighted by atomic mass is 10.1. The van der Waals surface area contributed by atoms with Crippen LogP contribution in [0.2, 0.25) is 0 Å². The lowest BCUT2D eigenvalue weighted by molar-refractivity contribution is 0.578. The Kier molecular flexibility index (Phi) is 17.6. The summed E-state index contributed by atoms with van der Waals surface area (Å²) in [5.41, 5.74) is 0. The number of unbranched alkanes of at least 4 members (excludes halogenated alkanes) is 10. The maximum atomic E-state index is 5.65. The Morgan fingerprint density at radius 1 is 0.632 bits per heavy atom. The van der Waals surface area contributed by atoms with E-state index in [1.54, 1.807) is 0 Å². The fraction of sp³-hybridized carbons (Fsp3) is 0.778. The van der Waals surface area contributed by atoms with E-state index >= 15 is 0 Å². The highest BCUT2D eigenvalue weighted by Gasteiger charge is 1.91. The number of hydrogen-bond acceptors (Lipinski definition) is 0. The van der Waals surface area contributed by atoms with Gasteiger partial charge < -0.3 is 0 Å². The number of halogens is 1. The molecule has 0 heterocycles. The molecule has 112 valence electrons. The molecule has 0 amide bonds. The minimum absolute atomic E-state index is 0.833. The van der Waals surface area contributed by atoms with Crippen LogP contribution in [0.5, 0.6) is 0 Å². The topological polar surface area (TPSA) is 0 Å². The average molecular weight is 285 g/mol.